The summed E-state index contributed by atoms with van der Waals surface area (Å²) in [7, 11) is 0. The summed E-state index contributed by atoms with van der Waals surface area (Å²) in [5.41, 5.74) is 3.12. The number of fused-ring (bicyclic) bond motifs is 2. The second-order valence-corrected chi connectivity index (χ2v) is 5.80. The smallest absolute Gasteiger partial charge is 0.141 e. The standard InChI is InChI=1S/C19H18N2O/c1-13-20-17-7-4-8-18(22)19(17)21(13)12-14-9-10-15-5-2-3-6-16(15)11-14/h2-11,13,20,22H,12H2,1H3. The van der Waals surface area contributed by atoms with E-state index < -0.39 is 0 Å². The van der Waals surface area contributed by atoms with Gasteiger partial charge in [-0.3, -0.25) is 0 Å². The quantitative estimate of drug-likeness (QED) is 0.737. The van der Waals surface area contributed by atoms with Gasteiger partial charge >= 0.3 is 0 Å². The largest absolute Gasteiger partial charge is 0.506 e. The number of phenolic OH excluding ortho intramolecular Hbond substituents is 1. The van der Waals surface area contributed by atoms with Crippen LogP contribution in [0, 0.1) is 0 Å². The van der Waals surface area contributed by atoms with Crippen molar-refractivity contribution in [3.05, 3.63) is 66.2 Å². The van der Waals surface area contributed by atoms with Crippen molar-refractivity contribution < 1.29 is 5.11 Å². The lowest BCUT2D eigenvalue weighted by Gasteiger charge is -2.24. The van der Waals surface area contributed by atoms with Crippen molar-refractivity contribution in [3.8, 4) is 5.75 Å². The summed E-state index contributed by atoms with van der Waals surface area (Å²) < 4.78 is 0. The van der Waals surface area contributed by atoms with Gasteiger partial charge in [0.1, 0.15) is 11.4 Å². The Bertz CT molecular complexity index is 844. The molecule has 0 aromatic heterocycles. The number of hydrogen-bond donors (Lipinski definition) is 2. The monoisotopic (exact) mass is 290 g/mol. The van der Waals surface area contributed by atoms with E-state index in [0.29, 0.717) is 5.75 Å². The van der Waals surface area contributed by atoms with E-state index in [2.05, 4.69) is 59.6 Å². The lowest BCUT2D eigenvalue weighted by molar-refractivity contribution is 0.474. The molecule has 4 rings (SSSR count). The van der Waals surface area contributed by atoms with Gasteiger partial charge in [-0.15, -0.1) is 0 Å². The number of rotatable bonds is 2. The van der Waals surface area contributed by atoms with Crippen LogP contribution in [0.5, 0.6) is 5.75 Å². The van der Waals surface area contributed by atoms with E-state index in [1.54, 1.807) is 6.07 Å². The molecule has 1 atom stereocenters. The maximum Gasteiger partial charge on any atom is 0.141 e. The lowest BCUT2D eigenvalue weighted by Crippen LogP contribution is -2.32. The summed E-state index contributed by atoms with van der Waals surface area (Å²) in [5, 5.41) is 16.1. The molecule has 3 heteroatoms. The summed E-state index contributed by atoms with van der Waals surface area (Å²) >= 11 is 0. The van der Waals surface area contributed by atoms with E-state index in [1.807, 2.05) is 12.1 Å². The molecular weight excluding hydrogens is 272 g/mol. The molecular formula is C19H18N2O. The molecule has 2 N–H and O–H groups in total. The van der Waals surface area contributed by atoms with Crippen LogP contribution >= 0.6 is 0 Å². The molecule has 0 spiro atoms. The number of para-hydroxylation sites is 1. The summed E-state index contributed by atoms with van der Waals surface area (Å²) in [6.07, 6.45) is 0.162. The second-order valence-electron chi connectivity index (χ2n) is 5.80. The van der Waals surface area contributed by atoms with E-state index >= 15 is 0 Å². The third-order valence-electron chi connectivity index (χ3n) is 4.30. The molecule has 1 aliphatic rings. The van der Waals surface area contributed by atoms with Crippen LogP contribution in [0.1, 0.15) is 12.5 Å². The SMILES string of the molecule is CC1Nc2cccc(O)c2N1Cc1ccc2ccccc2c1. The number of aromatic hydroxyl groups is 1. The number of nitrogens with one attached hydrogen (secondary N) is 1. The van der Waals surface area contributed by atoms with Crippen LogP contribution in [0.15, 0.2) is 60.7 Å². The molecule has 0 saturated carbocycles. The van der Waals surface area contributed by atoms with Gasteiger partial charge in [0.25, 0.3) is 0 Å². The third-order valence-corrected chi connectivity index (χ3v) is 4.30. The Hall–Kier alpha value is -2.68. The van der Waals surface area contributed by atoms with Gasteiger partial charge in [-0.05, 0) is 41.5 Å². The predicted molar refractivity (Wildman–Crippen MR) is 91.3 cm³/mol. The zero-order chi connectivity index (χ0) is 15.1. The Morgan fingerprint density at radius 1 is 1.00 bits per heavy atom. The van der Waals surface area contributed by atoms with Crippen LogP contribution in [-0.2, 0) is 6.54 Å². The molecule has 0 aliphatic carbocycles. The first-order valence-electron chi connectivity index (χ1n) is 7.55. The molecule has 0 fully saturated rings. The minimum Gasteiger partial charge on any atom is -0.506 e. The van der Waals surface area contributed by atoms with Gasteiger partial charge in [0, 0.05) is 6.54 Å². The van der Waals surface area contributed by atoms with Gasteiger partial charge in [-0.2, -0.15) is 0 Å². The van der Waals surface area contributed by atoms with Gasteiger partial charge in [0.2, 0.25) is 0 Å². The van der Waals surface area contributed by atoms with Crippen LogP contribution in [0.3, 0.4) is 0 Å². The highest BCUT2D eigenvalue weighted by Gasteiger charge is 2.27. The Morgan fingerprint density at radius 2 is 1.82 bits per heavy atom. The number of benzene rings is 3. The summed E-state index contributed by atoms with van der Waals surface area (Å²) in [6.45, 7) is 2.88. The minimum atomic E-state index is 0.162. The average Bonchev–Trinajstić information content (AvgIpc) is 2.84. The van der Waals surface area contributed by atoms with Crippen LogP contribution < -0.4 is 10.2 Å². The molecule has 3 aromatic rings. The molecule has 1 unspecified atom stereocenters. The molecule has 3 aromatic carbocycles. The second kappa shape index (κ2) is 4.95. The van der Waals surface area contributed by atoms with E-state index in [0.717, 1.165) is 17.9 Å². The zero-order valence-electron chi connectivity index (χ0n) is 12.5. The molecule has 1 aliphatic heterocycles. The fraction of sp³-hybridized carbons (Fsp3) is 0.158. The Labute approximate surface area is 129 Å². The fourth-order valence-electron chi connectivity index (χ4n) is 3.20. The molecule has 3 nitrogen and oxygen atoms in total. The van der Waals surface area contributed by atoms with Crippen molar-refractivity contribution in [3.63, 3.8) is 0 Å². The minimum absolute atomic E-state index is 0.162. The Balaban J connectivity index is 1.71. The normalized spacial score (nSPS) is 16.6. The highest BCUT2D eigenvalue weighted by Crippen LogP contribution is 2.42. The first-order valence-corrected chi connectivity index (χ1v) is 7.55. The first-order chi connectivity index (χ1) is 10.7. The Kier molecular flexibility index (Phi) is 2.93. The maximum atomic E-state index is 10.2. The van der Waals surface area contributed by atoms with Crippen molar-refractivity contribution in [2.45, 2.75) is 19.6 Å². The zero-order valence-corrected chi connectivity index (χ0v) is 12.5. The number of phenols is 1. The number of hydrogen-bond acceptors (Lipinski definition) is 3. The van der Waals surface area contributed by atoms with Crippen molar-refractivity contribution in [1.82, 2.24) is 0 Å². The summed E-state index contributed by atoms with van der Waals surface area (Å²) in [5.74, 6) is 0.329. The van der Waals surface area contributed by atoms with Crippen molar-refractivity contribution >= 4 is 22.1 Å². The van der Waals surface area contributed by atoms with E-state index in [4.69, 9.17) is 0 Å². The van der Waals surface area contributed by atoms with E-state index in [1.165, 1.54) is 16.3 Å². The van der Waals surface area contributed by atoms with Gasteiger partial charge in [-0.1, -0.05) is 42.5 Å². The lowest BCUT2D eigenvalue weighted by atomic mass is 10.1. The molecule has 110 valence electrons. The molecule has 0 saturated heterocycles. The van der Waals surface area contributed by atoms with Gasteiger partial charge < -0.3 is 15.3 Å². The van der Waals surface area contributed by atoms with Gasteiger partial charge in [-0.25, -0.2) is 0 Å². The van der Waals surface area contributed by atoms with E-state index in [-0.39, 0.29) is 6.17 Å². The maximum absolute atomic E-state index is 10.2. The molecule has 0 amide bonds. The van der Waals surface area contributed by atoms with Crippen molar-refractivity contribution in [2.24, 2.45) is 0 Å². The van der Waals surface area contributed by atoms with E-state index in [9.17, 15) is 5.11 Å². The highest BCUT2D eigenvalue weighted by molar-refractivity contribution is 5.84. The third kappa shape index (κ3) is 2.06. The Morgan fingerprint density at radius 3 is 2.68 bits per heavy atom. The predicted octanol–water partition coefficient (Wildman–Crippen LogP) is 4.32. The van der Waals surface area contributed by atoms with Crippen LogP contribution in [0.25, 0.3) is 10.8 Å². The van der Waals surface area contributed by atoms with Gasteiger partial charge in [0.05, 0.1) is 11.9 Å². The molecule has 22 heavy (non-hydrogen) atoms. The average molecular weight is 290 g/mol. The number of anilines is 2. The topological polar surface area (TPSA) is 35.5 Å². The van der Waals surface area contributed by atoms with Crippen molar-refractivity contribution in [2.75, 3.05) is 10.2 Å². The van der Waals surface area contributed by atoms with Crippen LogP contribution in [-0.4, -0.2) is 11.3 Å². The fourth-order valence-corrected chi connectivity index (χ4v) is 3.20. The highest BCUT2D eigenvalue weighted by atomic mass is 16.3. The number of nitrogens with zero attached hydrogens (tertiary/aromatic N) is 1. The van der Waals surface area contributed by atoms with Crippen LogP contribution in [0.4, 0.5) is 11.4 Å². The van der Waals surface area contributed by atoms with Crippen molar-refractivity contribution in [1.29, 1.82) is 0 Å². The summed E-state index contributed by atoms with van der Waals surface area (Å²) in [6, 6.07) is 20.5. The summed E-state index contributed by atoms with van der Waals surface area (Å²) in [4.78, 5) is 2.20. The van der Waals surface area contributed by atoms with Crippen LogP contribution in [0.2, 0.25) is 0 Å². The van der Waals surface area contributed by atoms with Gasteiger partial charge in [0.15, 0.2) is 0 Å². The first kappa shape index (κ1) is 13.0. The molecule has 1 heterocycles. The molecule has 0 bridgehead atoms. The molecule has 0 radical (unpaired) electrons.